The lowest BCUT2D eigenvalue weighted by atomic mass is 9.89. The van der Waals surface area contributed by atoms with Gasteiger partial charge in [-0.15, -0.1) is 0 Å². The maximum Gasteiger partial charge on any atom is 0.433 e. The number of nitrogens with zero attached hydrogens (tertiary/aromatic N) is 3. The topological polar surface area (TPSA) is 41.1 Å². The summed E-state index contributed by atoms with van der Waals surface area (Å²) in [5.74, 6) is 1.33. The van der Waals surface area contributed by atoms with Crippen molar-refractivity contribution in [3.63, 3.8) is 0 Å². The number of anilines is 1. The molecule has 3 heterocycles. The van der Waals surface area contributed by atoms with Crippen LogP contribution in [0, 0.1) is 11.8 Å². The number of halogens is 3. The zero-order valence-corrected chi connectivity index (χ0v) is 10.3. The van der Waals surface area contributed by atoms with Crippen LogP contribution in [0.1, 0.15) is 12.1 Å². The van der Waals surface area contributed by atoms with Crippen LogP contribution in [0.3, 0.4) is 0 Å². The molecule has 19 heavy (non-hydrogen) atoms. The Bertz CT molecular complexity index is 463. The van der Waals surface area contributed by atoms with Gasteiger partial charge in [-0.1, -0.05) is 0 Å². The number of piperidine rings is 1. The van der Waals surface area contributed by atoms with E-state index in [0.29, 0.717) is 11.8 Å². The molecule has 2 saturated heterocycles. The number of alkyl halides is 3. The number of fused-ring (bicyclic) bond motifs is 1. The number of rotatable bonds is 1. The van der Waals surface area contributed by atoms with Gasteiger partial charge >= 0.3 is 6.18 Å². The van der Waals surface area contributed by atoms with Gasteiger partial charge in [0, 0.05) is 19.3 Å². The van der Waals surface area contributed by atoms with Crippen molar-refractivity contribution in [2.75, 3.05) is 31.1 Å². The average Bonchev–Trinajstić information content (AvgIpc) is 2.85. The van der Waals surface area contributed by atoms with E-state index in [-0.39, 0.29) is 5.95 Å². The van der Waals surface area contributed by atoms with E-state index in [2.05, 4.69) is 15.3 Å². The predicted molar refractivity (Wildman–Crippen MR) is 63.7 cm³/mol. The minimum absolute atomic E-state index is 0.195. The van der Waals surface area contributed by atoms with E-state index in [9.17, 15) is 13.2 Å². The van der Waals surface area contributed by atoms with Crippen LogP contribution in [0.5, 0.6) is 0 Å². The molecule has 104 valence electrons. The molecule has 0 aromatic carbocycles. The first-order valence-corrected chi connectivity index (χ1v) is 6.40. The summed E-state index contributed by atoms with van der Waals surface area (Å²) >= 11 is 0. The molecule has 2 fully saturated rings. The summed E-state index contributed by atoms with van der Waals surface area (Å²) < 4.78 is 37.9. The summed E-state index contributed by atoms with van der Waals surface area (Å²) in [6.45, 7) is 3.41. The van der Waals surface area contributed by atoms with Gasteiger partial charge in [0.2, 0.25) is 5.95 Å². The second-order valence-corrected chi connectivity index (χ2v) is 5.15. The molecule has 1 aromatic rings. The molecule has 0 spiro atoms. The predicted octanol–water partition coefficient (Wildman–Crippen LogP) is 1.54. The molecule has 0 saturated carbocycles. The van der Waals surface area contributed by atoms with Crippen LogP contribution in [-0.4, -0.2) is 36.1 Å². The highest BCUT2D eigenvalue weighted by atomic mass is 19.4. The first kappa shape index (κ1) is 12.7. The van der Waals surface area contributed by atoms with Crippen molar-refractivity contribution in [3.8, 4) is 0 Å². The van der Waals surface area contributed by atoms with Gasteiger partial charge < -0.3 is 10.2 Å². The summed E-state index contributed by atoms with van der Waals surface area (Å²) in [6.07, 6.45) is -2.24. The fraction of sp³-hybridized carbons (Fsp3) is 0.667. The van der Waals surface area contributed by atoms with Crippen molar-refractivity contribution in [1.29, 1.82) is 0 Å². The highest BCUT2D eigenvalue weighted by molar-refractivity contribution is 5.32. The largest absolute Gasteiger partial charge is 0.433 e. The maximum absolute atomic E-state index is 12.6. The molecule has 0 bridgehead atoms. The molecule has 2 aliphatic heterocycles. The molecule has 2 aliphatic rings. The third-order valence-electron chi connectivity index (χ3n) is 3.92. The SMILES string of the molecule is FC(F)(F)c1ccnc(N2CCC3CNCC3C2)n1. The van der Waals surface area contributed by atoms with Crippen molar-refractivity contribution < 1.29 is 13.2 Å². The Morgan fingerprint density at radius 1 is 1.26 bits per heavy atom. The van der Waals surface area contributed by atoms with Gasteiger partial charge in [-0.05, 0) is 37.4 Å². The van der Waals surface area contributed by atoms with E-state index >= 15 is 0 Å². The number of aromatic nitrogens is 2. The molecule has 4 nitrogen and oxygen atoms in total. The van der Waals surface area contributed by atoms with Crippen molar-refractivity contribution in [2.24, 2.45) is 11.8 Å². The smallest absolute Gasteiger partial charge is 0.340 e. The number of hydrogen-bond acceptors (Lipinski definition) is 4. The van der Waals surface area contributed by atoms with Crippen molar-refractivity contribution in [1.82, 2.24) is 15.3 Å². The quantitative estimate of drug-likeness (QED) is 0.842. The van der Waals surface area contributed by atoms with E-state index in [1.807, 2.05) is 4.90 Å². The Balaban J connectivity index is 1.79. The Morgan fingerprint density at radius 2 is 2.05 bits per heavy atom. The normalized spacial score (nSPS) is 27.4. The van der Waals surface area contributed by atoms with E-state index < -0.39 is 11.9 Å². The highest BCUT2D eigenvalue weighted by Gasteiger charge is 2.36. The second-order valence-electron chi connectivity index (χ2n) is 5.15. The molecule has 2 atom stereocenters. The molecule has 0 aliphatic carbocycles. The molecule has 0 amide bonds. The fourth-order valence-electron chi connectivity index (χ4n) is 2.88. The van der Waals surface area contributed by atoms with Crippen LogP contribution in [-0.2, 0) is 6.18 Å². The van der Waals surface area contributed by atoms with Crippen molar-refractivity contribution in [3.05, 3.63) is 18.0 Å². The van der Waals surface area contributed by atoms with E-state index in [0.717, 1.165) is 38.7 Å². The van der Waals surface area contributed by atoms with Crippen molar-refractivity contribution >= 4 is 5.95 Å². The summed E-state index contributed by atoms with van der Waals surface area (Å²) in [7, 11) is 0. The zero-order valence-electron chi connectivity index (χ0n) is 10.3. The third kappa shape index (κ3) is 2.51. The Hall–Kier alpha value is -1.37. The minimum atomic E-state index is -4.41. The van der Waals surface area contributed by atoms with E-state index in [4.69, 9.17) is 0 Å². The lowest BCUT2D eigenvalue weighted by Crippen LogP contribution is -2.41. The third-order valence-corrected chi connectivity index (χ3v) is 3.92. The summed E-state index contributed by atoms with van der Waals surface area (Å²) in [6, 6.07) is 0.910. The lowest BCUT2D eigenvalue weighted by Gasteiger charge is -2.34. The molecule has 2 unspecified atom stereocenters. The Kier molecular flexibility index (Phi) is 3.08. The van der Waals surface area contributed by atoms with Crippen LogP contribution < -0.4 is 10.2 Å². The molecule has 1 aromatic heterocycles. The van der Waals surface area contributed by atoms with Gasteiger partial charge in [0.05, 0.1) is 0 Å². The van der Waals surface area contributed by atoms with Crippen LogP contribution >= 0.6 is 0 Å². The van der Waals surface area contributed by atoms with E-state index in [1.54, 1.807) is 0 Å². The maximum atomic E-state index is 12.6. The number of nitrogens with one attached hydrogen (secondary N) is 1. The van der Waals surface area contributed by atoms with Gasteiger partial charge in [0.1, 0.15) is 5.69 Å². The lowest BCUT2D eigenvalue weighted by molar-refractivity contribution is -0.141. The summed E-state index contributed by atoms with van der Waals surface area (Å²) in [5, 5.41) is 3.32. The van der Waals surface area contributed by atoms with Gasteiger partial charge in [-0.3, -0.25) is 0 Å². The summed E-state index contributed by atoms with van der Waals surface area (Å²) in [5.41, 5.74) is -0.871. The van der Waals surface area contributed by atoms with Crippen LogP contribution in [0.25, 0.3) is 0 Å². The van der Waals surface area contributed by atoms with Crippen LogP contribution in [0.15, 0.2) is 12.3 Å². The van der Waals surface area contributed by atoms with Crippen LogP contribution in [0.4, 0.5) is 19.1 Å². The zero-order chi connectivity index (χ0) is 13.5. The molecular weight excluding hydrogens is 257 g/mol. The average molecular weight is 272 g/mol. The molecule has 0 radical (unpaired) electrons. The molecular formula is C12H15F3N4. The minimum Gasteiger partial charge on any atom is -0.340 e. The highest BCUT2D eigenvalue weighted by Crippen LogP contribution is 2.31. The molecule has 1 N–H and O–H groups in total. The van der Waals surface area contributed by atoms with Crippen molar-refractivity contribution in [2.45, 2.75) is 12.6 Å². The van der Waals surface area contributed by atoms with Gasteiger partial charge in [0.15, 0.2) is 0 Å². The van der Waals surface area contributed by atoms with Crippen LogP contribution in [0.2, 0.25) is 0 Å². The van der Waals surface area contributed by atoms with Gasteiger partial charge in [-0.25, -0.2) is 9.97 Å². The molecule has 3 rings (SSSR count). The number of hydrogen-bond donors (Lipinski definition) is 1. The molecule has 7 heteroatoms. The first-order chi connectivity index (χ1) is 9.04. The standard InChI is InChI=1S/C12H15F3N4/c13-12(14,15)10-1-3-17-11(18-10)19-4-2-8-5-16-6-9(8)7-19/h1,3,8-9,16H,2,4-7H2. The Labute approximate surface area is 109 Å². The van der Waals surface area contributed by atoms with Gasteiger partial charge in [0.25, 0.3) is 0 Å². The second kappa shape index (κ2) is 4.63. The summed E-state index contributed by atoms with van der Waals surface area (Å²) in [4.78, 5) is 9.50. The van der Waals surface area contributed by atoms with Gasteiger partial charge in [-0.2, -0.15) is 13.2 Å². The first-order valence-electron chi connectivity index (χ1n) is 6.40. The van der Waals surface area contributed by atoms with E-state index in [1.165, 1.54) is 6.20 Å². The monoisotopic (exact) mass is 272 g/mol. The fourth-order valence-corrected chi connectivity index (χ4v) is 2.88. The Morgan fingerprint density at radius 3 is 2.84 bits per heavy atom.